The van der Waals surface area contributed by atoms with Crippen molar-refractivity contribution >= 4 is 0 Å². The molecule has 1 aliphatic rings. The minimum absolute atomic E-state index is 0.109. The van der Waals surface area contributed by atoms with Gasteiger partial charge in [0, 0.05) is 12.0 Å². The second-order valence-corrected chi connectivity index (χ2v) is 6.49. The van der Waals surface area contributed by atoms with Crippen LogP contribution in [-0.2, 0) is 5.41 Å². The van der Waals surface area contributed by atoms with E-state index in [1.807, 2.05) is 0 Å². The molecule has 1 aromatic carbocycles. The number of nitrogens with two attached hydrogens (primary N) is 1. The number of benzene rings is 1. The molecule has 0 unspecified atom stereocenters. The van der Waals surface area contributed by atoms with Gasteiger partial charge in [-0.3, -0.25) is 0 Å². The van der Waals surface area contributed by atoms with E-state index in [-0.39, 0.29) is 5.41 Å². The molecule has 3 heteroatoms. The van der Waals surface area contributed by atoms with Gasteiger partial charge in [-0.15, -0.1) is 0 Å². The standard InChI is InChI=1S/C18H29NO2/c1-13(2)14-10-16(20-3)17(21-4)11-15(14)18(12-19)8-6-5-7-9-18/h10-11,13H,5-9,12,19H2,1-4H3. The summed E-state index contributed by atoms with van der Waals surface area (Å²) in [4.78, 5) is 0. The summed E-state index contributed by atoms with van der Waals surface area (Å²) in [5, 5.41) is 0. The van der Waals surface area contributed by atoms with Gasteiger partial charge in [-0.1, -0.05) is 33.1 Å². The fourth-order valence-electron chi connectivity index (χ4n) is 3.64. The Morgan fingerprint density at radius 2 is 1.62 bits per heavy atom. The maximum absolute atomic E-state index is 6.23. The minimum Gasteiger partial charge on any atom is -0.493 e. The Morgan fingerprint density at radius 3 is 2.10 bits per heavy atom. The van der Waals surface area contributed by atoms with Gasteiger partial charge in [-0.2, -0.15) is 0 Å². The van der Waals surface area contributed by atoms with Gasteiger partial charge >= 0.3 is 0 Å². The molecule has 0 aliphatic heterocycles. The maximum Gasteiger partial charge on any atom is 0.161 e. The molecule has 2 rings (SSSR count). The van der Waals surface area contributed by atoms with E-state index in [0.29, 0.717) is 12.5 Å². The number of hydrogen-bond acceptors (Lipinski definition) is 3. The molecule has 1 aromatic rings. The van der Waals surface area contributed by atoms with Crippen LogP contribution < -0.4 is 15.2 Å². The molecule has 1 fully saturated rings. The van der Waals surface area contributed by atoms with Gasteiger partial charge < -0.3 is 15.2 Å². The molecular weight excluding hydrogens is 262 g/mol. The molecule has 0 saturated heterocycles. The normalized spacial score (nSPS) is 17.8. The van der Waals surface area contributed by atoms with Crippen molar-refractivity contribution in [3.63, 3.8) is 0 Å². The minimum atomic E-state index is 0.109. The van der Waals surface area contributed by atoms with Gasteiger partial charge in [0.1, 0.15) is 0 Å². The van der Waals surface area contributed by atoms with Crippen LogP contribution in [0.15, 0.2) is 12.1 Å². The van der Waals surface area contributed by atoms with Crippen LogP contribution in [0.1, 0.15) is 63.0 Å². The molecule has 1 saturated carbocycles. The second-order valence-electron chi connectivity index (χ2n) is 6.49. The molecule has 2 N–H and O–H groups in total. The van der Waals surface area contributed by atoms with Crippen molar-refractivity contribution in [3.05, 3.63) is 23.3 Å². The molecule has 0 amide bonds. The Morgan fingerprint density at radius 1 is 1.05 bits per heavy atom. The maximum atomic E-state index is 6.23. The highest BCUT2D eigenvalue weighted by Crippen LogP contribution is 2.45. The summed E-state index contributed by atoms with van der Waals surface area (Å²) in [5.74, 6) is 2.08. The quantitative estimate of drug-likeness (QED) is 0.892. The summed E-state index contributed by atoms with van der Waals surface area (Å²) >= 11 is 0. The van der Waals surface area contributed by atoms with Crippen molar-refractivity contribution in [1.29, 1.82) is 0 Å². The predicted octanol–water partition coefficient (Wildman–Crippen LogP) is 3.99. The molecule has 0 bridgehead atoms. The van der Waals surface area contributed by atoms with Crippen LogP contribution in [0.2, 0.25) is 0 Å². The van der Waals surface area contributed by atoms with Crippen LogP contribution in [0.3, 0.4) is 0 Å². The molecule has 118 valence electrons. The van der Waals surface area contributed by atoms with Crippen molar-refractivity contribution in [2.24, 2.45) is 5.73 Å². The van der Waals surface area contributed by atoms with Gasteiger partial charge in [0.25, 0.3) is 0 Å². The fraction of sp³-hybridized carbons (Fsp3) is 0.667. The molecule has 0 radical (unpaired) electrons. The van der Waals surface area contributed by atoms with E-state index in [1.165, 1.54) is 43.2 Å². The van der Waals surface area contributed by atoms with Crippen LogP contribution in [0.4, 0.5) is 0 Å². The van der Waals surface area contributed by atoms with Crippen molar-refractivity contribution in [2.75, 3.05) is 20.8 Å². The summed E-state index contributed by atoms with van der Waals surface area (Å²) in [7, 11) is 3.40. The van der Waals surface area contributed by atoms with E-state index in [9.17, 15) is 0 Å². The van der Waals surface area contributed by atoms with Gasteiger partial charge in [0.2, 0.25) is 0 Å². The van der Waals surface area contributed by atoms with Crippen molar-refractivity contribution in [3.8, 4) is 11.5 Å². The molecule has 3 nitrogen and oxygen atoms in total. The summed E-state index contributed by atoms with van der Waals surface area (Å²) in [6.45, 7) is 5.18. The highest BCUT2D eigenvalue weighted by molar-refractivity contribution is 5.51. The van der Waals surface area contributed by atoms with Crippen molar-refractivity contribution < 1.29 is 9.47 Å². The van der Waals surface area contributed by atoms with Crippen LogP contribution >= 0.6 is 0 Å². The highest BCUT2D eigenvalue weighted by Gasteiger charge is 2.35. The van der Waals surface area contributed by atoms with Gasteiger partial charge in [-0.25, -0.2) is 0 Å². The molecular formula is C18H29NO2. The lowest BCUT2D eigenvalue weighted by molar-refractivity contribution is 0.295. The first-order valence-corrected chi connectivity index (χ1v) is 8.04. The van der Waals surface area contributed by atoms with E-state index in [2.05, 4.69) is 26.0 Å². The lowest BCUT2D eigenvalue weighted by Gasteiger charge is -2.39. The smallest absolute Gasteiger partial charge is 0.161 e. The molecule has 0 spiro atoms. The fourth-order valence-corrected chi connectivity index (χ4v) is 3.64. The molecule has 1 aliphatic carbocycles. The molecule has 0 aromatic heterocycles. The number of rotatable bonds is 5. The summed E-state index contributed by atoms with van der Waals surface area (Å²) in [6.07, 6.45) is 6.22. The molecule has 0 heterocycles. The first-order chi connectivity index (χ1) is 10.1. The molecule has 0 atom stereocenters. The van der Waals surface area contributed by atoms with Gasteiger partial charge in [-0.05, 0) is 42.0 Å². The predicted molar refractivity (Wildman–Crippen MR) is 87.5 cm³/mol. The summed E-state index contributed by atoms with van der Waals surface area (Å²) in [6, 6.07) is 4.32. The van der Waals surface area contributed by atoms with E-state index >= 15 is 0 Å². The largest absolute Gasteiger partial charge is 0.493 e. The lowest BCUT2D eigenvalue weighted by Crippen LogP contribution is -2.38. The third kappa shape index (κ3) is 3.03. The SMILES string of the molecule is COc1cc(C(C)C)c(C2(CN)CCCCC2)cc1OC. The van der Waals surface area contributed by atoms with E-state index in [0.717, 1.165) is 11.5 Å². The highest BCUT2D eigenvalue weighted by atomic mass is 16.5. The van der Waals surface area contributed by atoms with Gasteiger partial charge in [0.15, 0.2) is 11.5 Å². The van der Waals surface area contributed by atoms with Crippen molar-refractivity contribution in [1.82, 2.24) is 0 Å². The summed E-state index contributed by atoms with van der Waals surface area (Å²) < 4.78 is 11.0. The zero-order chi connectivity index (χ0) is 15.5. The Labute approximate surface area is 128 Å². The third-order valence-electron chi connectivity index (χ3n) is 4.95. The topological polar surface area (TPSA) is 44.5 Å². The van der Waals surface area contributed by atoms with Crippen LogP contribution in [-0.4, -0.2) is 20.8 Å². The Balaban J connectivity index is 2.58. The number of hydrogen-bond donors (Lipinski definition) is 1. The summed E-state index contributed by atoms with van der Waals surface area (Å²) in [5.41, 5.74) is 9.06. The van der Waals surface area contributed by atoms with E-state index in [1.54, 1.807) is 14.2 Å². The first-order valence-electron chi connectivity index (χ1n) is 8.04. The van der Waals surface area contributed by atoms with Crippen molar-refractivity contribution in [2.45, 2.75) is 57.3 Å². The van der Waals surface area contributed by atoms with Crippen LogP contribution in [0, 0.1) is 0 Å². The van der Waals surface area contributed by atoms with Crippen LogP contribution in [0.25, 0.3) is 0 Å². The number of methoxy groups -OCH3 is 2. The van der Waals surface area contributed by atoms with E-state index in [4.69, 9.17) is 15.2 Å². The molecule has 21 heavy (non-hydrogen) atoms. The zero-order valence-corrected chi connectivity index (χ0v) is 13.9. The average molecular weight is 291 g/mol. The Hall–Kier alpha value is -1.22. The van der Waals surface area contributed by atoms with Gasteiger partial charge in [0.05, 0.1) is 14.2 Å². The monoisotopic (exact) mass is 291 g/mol. The van der Waals surface area contributed by atoms with Crippen LogP contribution in [0.5, 0.6) is 11.5 Å². The first kappa shape index (κ1) is 16.2. The zero-order valence-electron chi connectivity index (χ0n) is 13.9. The third-order valence-corrected chi connectivity index (χ3v) is 4.95. The lowest BCUT2D eigenvalue weighted by atomic mass is 9.67. The number of ether oxygens (including phenoxy) is 2. The average Bonchev–Trinajstić information content (AvgIpc) is 2.53. The Kier molecular flexibility index (Phi) is 5.15. The Bertz CT molecular complexity index is 476. The van der Waals surface area contributed by atoms with E-state index < -0.39 is 0 Å². The second kappa shape index (κ2) is 6.69.